The van der Waals surface area contributed by atoms with E-state index in [4.69, 9.17) is 0 Å². The fourth-order valence-electron chi connectivity index (χ4n) is 0.256. The first-order chi connectivity index (χ1) is 4.81. The molecule has 0 aromatic heterocycles. The molecule has 0 N–H and O–H groups in total. The van der Waals surface area contributed by atoms with Crippen molar-refractivity contribution < 1.29 is 8.78 Å². The van der Waals surface area contributed by atoms with E-state index < -0.39 is 0 Å². The molecule has 0 amide bonds. The quantitative estimate of drug-likeness (QED) is 0.525. The molecule has 0 aromatic carbocycles. The molecule has 10 heavy (non-hydrogen) atoms. The van der Waals surface area contributed by atoms with Crippen LogP contribution in [0.1, 0.15) is 6.92 Å². The van der Waals surface area contributed by atoms with Crippen molar-refractivity contribution in [2.24, 2.45) is 0 Å². The molecule has 0 nitrogen and oxygen atoms in total. The minimum atomic E-state index is -0.303. The Morgan fingerprint density at radius 1 is 1.40 bits per heavy atom. The largest absolute Gasteiger partial charge is 0.255 e. The Morgan fingerprint density at radius 2 is 1.90 bits per heavy atom. The molecule has 0 heterocycles. The highest BCUT2D eigenvalue weighted by molar-refractivity contribution is 5.14. The van der Waals surface area contributed by atoms with Gasteiger partial charge in [-0.25, -0.2) is 4.39 Å². The first-order valence-electron chi connectivity index (χ1n) is 2.80. The van der Waals surface area contributed by atoms with Crippen molar-refractivity contribution in [2.75, 3.05) is 7.18 Å². The first-order valence-corrected chi connectivity index (χ1v) is 2.80. The van der Waals surface area contributed by atoms with Gasteiger partial charge in [-0.2, -0.15) is 0 Å². The summed E-state index contributed by atoms with van der Waals surface area (Å²) in [6.07, 6.45) is 5.90. The summed E-state index contributed by atoms with van der Waals surface area (Å²) in [5.74, 6) is -0.303. The third-order valence-corrected chi connectivity index (χ3v) is 0.643. The highest BCUT2D eigenvalue weighted by atomic mass is 19.1. The van der Waals surface area contributed by atoms with Crippen LogP contribution in [0.2, 0.25) is 0 Å². The van der Waals surface area contributed by atoms with Gasteiger partial charge < -0.3 is 0 Å². The van der Waals surface area contributed by atoms with E-state index in [0.29, 0.717) is 7.18 Å². The Kier molecular flexibility index (Phi) is 13.0. The van der Waals surface area contributed by atoms with Crippen molar-refractivity contribution in [3.05, 3.63) is 36.7 Å². The number of allylic oxidation sites excluding steroid dienone is 5. The number of hydrogen-bond acceptors (Lipinski definition) is 0. The maximum Gasteiger partial charge on any atom is 0.122 e. The van der Waals surface area contributed by atoms with E-state index in [1.165, 1.54) is 12.2 Å². The molecule has 0 aromatic rings. The van der Waals surface area contributed by atoms with E-state index in [1.54, 1.807) is 12.2 Å². The topological polar surface area (TPSA) is 0 Å². The first kappa shape index (κ1) is 11.8. The number of hydrogen-bond donors (Lipinski definition) is 0. The standard InChI is InChI=1S/C7H9F.CH3F/c1-3-5-6-7(8)4-2;1-2/h3-6H,2H2,1H3;1H3/b5-3-,7-6+;. The smallest absolute Gasteiger partial charge is 0.122 e. The van der Waals surface area contributed by atoms with Crippen LogP contribution in [-0.4, -0.2) is 7.18 Å². The summed E-state index contributed by atoms with van der Waals surface area (Å²) < 4.78 is 21.5. The zero-order valence-electron chi connectivity index (χ0n) is 6.27. The predicted octanol–water partition coefficient (Wildman–Crippen LogP) is 3.19. The van der Waals surface area contributed by atoms with Gasteiger partial charge in [-0.1, -0.05) is 18.7 Å². The molecule has 0 saturated heterocycles. The molecule has 0 fully saturated rings. The molecular weight excluding hydrogens is 134 g/mol. The van der Waals surface area contributed by atoms with Gasteiger partial charge in [0.15, 0.2) is 0 Å². The molecule has 0 saturated carbocycles. The molecule has 0 spiro atoms. The second-order valence-corrected chi connectivity index (χ2v) is 1.28. The SMILES string of the molecule is C=C/C(F)=C\C=C/C.CF. The Morgan fingerprint density at radius 3 is 2.20 bits per heavy atom. The van der Waals surface area contributed by atoms with Gasteiger partial charge in [0, 0.05) is 0 Å². The summed E-state index contributed by atoms with van der Waals surface area (Å²) in [5, 5.41) is 0. The number of rotatable bonds is 2. The summed E-state index contributed by atoms with van der Waals surface area (Å²) in [4.78, 5) is 0. The molecule has 58 valence electrons. The monoisotopic (exact) mass is 146 g/mol. The molecule has 0 atom stereocenters. The highest BCUT2D eigenvalue weighted by Gasteiger charge is 1.76. The molecule has 0 aliphatic heterocycles. The Balaban J connectivity index is 0. The van der Waals surface area contributed by atoms with Crippen LogP contribution in [0.15, 0.2) is 36.7 Å². The van der Waals surface area contributed by atoms with Crippen LogP contribution in [-0.2, 0) is 0 Å². The number of alkyl halides is 1. The summed E-state index contributed by atoms with van der Waals surface area (Å²) in [7, 11) is 0.500. The van der Waals surface area contributed by atoms with Crippen LogP contribution in [0, 0.1) is 0 Å². The van der Waals surface area contributed by atoms with Crippen molar-refractivity contribution in [3.8, 4) is 0 Å². The minimum absolute atomic E-state index is 0.303. The normalized spacial score (nSPS) is 10.6. The van der Waals surface area contributed by atoms with Gasteiger partial charge in [-0.3, -0.25) is 4.39 Å². The lowest BCUT2D eigenvalue weighted by molar-refractivity contribution is 0.636. The molecule has 0 aliphatic carbocycles. The third kappa shape index (κ3) is 10.1. The van der Waals surface area contributed by atoms with Gasteiger partial charge in [0.1, 0.15) is 5.83 Å². The molecule has 0 rings (SSSR count). The Hall–Kier alpha value is -0.920. The molecular formula is C8H12F2. The van der Waals surface area contributed by atoms with E-state index in [9.17, 15) is 8.78 Å². The summed E-state index contributed by atoms with van der Waals surface area (Å²) in [6.45, 7) is 5.06. The molecule has 0 aliphatic rings. The Bertz CT molecular complexity index is 123. The van der Waals surface area contributed by atoms with Gasteiger partial charge in [0.05, 0.1) is 7.18 Å². The average molecular weight is 146 g/mol. The van der Waals surface area contributed by atoms with Gasteiger partial charge in [-0.15, -0.1) is 0 Å². The van der Waals surface area contributed by atoms with E-state index in [-0.39, 0.29) is 5.83 Å². The van der Waals surface area contributed by atoms with E-state index in [2.05, 4.69) is 6.58 Å². The van der Waals surface area contributed by atoms with Gasteiger partial charge in [-0.05, 0) is 19.1 Å². The average Bonchev–Trinajstić information content (AvgIpc) is 2.04. The van der Waals surface area contributed by atoms with Crippen molar-refractivity contribution in [2.45, 2.75) is 6.92 Å². The molecule has 2 heteroatoms. The second kappa shape index (κ2) is 11.0. The lowest BCUT2D eigenvalue weighted by Crippen LogP contribution is -1.57. The lowest BCUT2D eigenvalue weighted by Gasteiger charge is -1.76. The van der Waals surface area contributed by atoms with Crippen molar-refractivity contribution in [1.82, 2.24) is 0 Å². The van der Waals surface area contributed by atoms with Crippen LogP contribution >= 0.6 is 0 Å². The van der Waals surface area contributed by atoms with Crippen LogP contribution < -0.4 is 0 Å². The number of halogens is 2. The summed E-state index contributed by atoms with van der Waals surface area (Å²) in [5.41, 5.74) is 0. The van der Waals surface area contributed by atoms with Crippen LogP contribution in [0.4, 0.5) is 8.78 Å². The Labute approximate surface area is 60.6 Å². The fourth-order valence-corrected chi connectivity index (χ4v) is 0.256. The minimum Gasteiger partial charge on any atom is -0.255 e. The van der Waals surface area contributed by atoms with Gasteiger partial charge >= 0.3 is 0 Å². The lowest BCUT2D eigenvalue weighted by atomic mass is 10.4. The van der Waals surface area contributed by atoms with E-state index in [0.717, 1.165) is 0 Å². The van der Waals surface area contributed by atoms with Crippen molar-refractivity contribution >= 4 is 0 Å². The molecule has 0 unspecified atom stereocenters. The maximum absolute atomic E-state index is 12.0. The van der Waals surface area contributed by atoms with E-state index >= 15 is 0 Å². The van der Waals surface area contributed by atoms with Gasteiger partial charge in [0.2, 0.25) is 0 Å². The molecule has 0 bridgehead atoms. The van der Waals surface area contributed by atoms with Crippen LogP contribution in [0.3, 0.4) is 0 Å². The summed E-state index contributed by atoms with van der Waals surface area (Å²) >= 11 is 0. The third-order valence-electron chi connectivity index (χ3n) is 0.643. The van der Waals surface area contributed by atoms with Gasteiger partial charge in [0.25, 0.3) is 0 Å². The zero-order chi connectivity index (χ0) is 8.41. The molecule has 0 radical (unpaired) electrons. The highest BCUT2D eigenvalue weighted by Crippen LogP contribution is 1.95. The van der Waals surface area contributed by atoms with Crippen LogP contribution in [0.5, 0.6) is 0 Å². The van der Waals surface area contributed by atoms with Crippen molar-refractivity contribution in [1.29, 1.82) is 0 Å². The maximum atomic E-state index is 12.0. The van der Waals surface area contributed by atoms with E-state index in [1.807, 2.05) is 6.92 Å². The zero-order valence-corrected chi connectivity index (χ0v) is 6.27. The van der Waals surface area contributed by atoms with Crippen LogP contribution in [0.25, 0.3) is 0 Å². The second-order valence-electron chi connectivity index (χ2n) is 1.28. The summed E-state index contributed by atoms with van der Waals surface area (Å²) in [6, 6.07) is 0. The predicted molar refractivity (Wildman–Crippen MR) is 41.2 cm³/mol. The fraction of sp³-hybridized carbons (Fsp3) is 0.250. The van der Waals surface area contributed by atoms with Crippen molar-refractivity contribution in [3.63, 3.8) is 0 Å².